The highest BCUT2D eigenvalue weighted by Gasteiger charge is 2.16. The number of hydrogen-bond acceptors (Lipinski definition) is 5. The van der Waals surface area contributed by atoms with Gasteiger partial charge in [-0.15, -0.1) is 0 Å². The van der Waals surface area contributed by atoms with E-state index in [0.717, 1.165) is 0 Å². The molecule has 0 saturated heterocycles. The highest BCUT2D eigenvalue weighted by molar-refractivity contribution is 7.91. The van der Waals surface area contributed by atoms with Gasteiger partial charge in [0.05, 0.1) is 23.4 Å². The van der Waals surface area contributed by atoms with Gasteiger partial charge in [-0.05, 0) is 12.1 Å². The van der Waals surface area contributed by atoms with Crippen molar-refractivity contribution in [3.05, 3.63) is 18.2 Å². The normalized spacial score (nSPS) is 11.3. The third-order valence-electron chi connectivity index (χ3n) is 1.94. The maximum Gasteiger partial charge on any atom is 0.181 e. The molecule has 0 aliphatic carbocycles. The Morgan fingerprint density at radius 3 is 2.53 bits per heavy atom. The molecule has 0 amide bonds. The molecule has 4 N–H and O–H groups in total. The molecule has 0 aliphatic heterocycles. The third kappa shape index (κ3) is 2.60. The van der Waals surface area contributed by atoms with Crippen molar-refractivity contribution in [3.8, 4) is 5.75 Å². The summed E-state index contributed by atoms with van der Waals surface area (Å²) >= 11 is 0. The molecule has 15 heavy (non-hydrogen) atoms. The van der Waals surface area contributed by atoms with Crippen LogP contribution in [-0.4, -0.2) is 27.8 Å². The summed E-state index contributed by atoms with van der Waals surface area (Å²) in [7, 11) is -1.88. The molecule has 1 rings (SSSR count). The van der Waals surface area contributed by atoms with Crippen LogP contribution in [0, 0.1) is 0 Å². The summed E-state index contributed by atoms with van der Waals surface area (Å²) in [5, 5.41) is 0. The molecule has 0 spiro atoms. The van der Waals surface area contributed by atoms with Crippen LogP contribution in [-0.2, 0) is 9.84 Å². The highest BCUT2D eigenvalue weighted by atomic mass is 32.2. The van der Waals surface area contributed by atoms with Gasteiger partial charge in [-0.25, -0.2) is 8.42 Å². The Labute approximate surface area is 88.9 Å². The number of sulfone groups is 1. The van der Waals surface area contributed by atoms with E-state index in [1.807, 2.05) is 0 Å². The Balaban J connectivity index is 3.16. The third-order valence-corrected chi connectivity index (χ3v) is 3.75. The summed E-state index contributed by atoms with van der Waals surface area (Å²) in [6.45, 7) is 0.0772. The van der Waals surface area contributed by atoms with Gasteiger partial charge in [-0.3, -0.25) is 0 Å². The predicted molar refractivity (Wildman–Crippen MR) is 58.5 cm³/mol. The molecule has 0 heterocycles. The van der Waals surface area contributed by atoms with Crippen LogP contribution >= 0.6 is 0 Å². The van der Waals surface area contributed by atoms with Crippen LogP contribution in [0.4, 0.5) is 5.69 Å². The summed E-state index contributed by atoms with van der Waals surface area (Å²) in [6, 6.07) is 4.46. The number of methoxy groups -OCH3 is 1. The number of anilines is 1. The quantitative estimate of drug-likeness (QED) is 0.710. The highest BCUT2D eigenvalue weighted by Crippen LogP contribution is 2.24. The zero-order chi connectivity index (χ0) is 11.5. The molecule has 84 valence electrons. The van der Waals surface area contributed by atoms with E-state index in [9.17, 15) is 8.42 Å². The van der Waals surface area contributed by atoms with Crippen LogP contribution in [0.1, 0.15) is 0 Å². The Morgan fingerprint density at radius 1 is 1.40 bits per heavy atom. The van der Waals surface area contributed by atoms with Gasteiger partial charge in [0.1, 0.15) is 5.75 Å². The molecule has 0 aromatic heterocycles. The lowest BCUT2D eigenvalue weighted by atomic mass is 10.3. The first kappa shape index (κ1) is 11.8. The zero-order valence-electron chi connectivity index (χ0n) is 8.43. The average molecular weight is 230 g/mol. The molecule has 0 aliphatic rings. The van der Waals surface area contributed by atoms with Crippen LogP contribution in [0.15, 0.2) is 23.1 Å². The van der Waals surface area contributed by atoms with Crippen molar-refractivity contribution in [1.82, 2.24) is 0 Å². The van der Waals surface area contributed by atoms with Crippen molar-refractivity contribution in [1.29, 1.82) is 0 Å². The van der Waals surface area contributed by atoms with Crippen LogP contribution in [0.25, 0.3) is 0 Å². The molecule has 1 aromatic rings. The second-order valence-corrected chi connectivity index (χ2v) is 5.09. The number of ether oxygens (including phenoxy) is 1. The van der Waals surface area contributed by atoms with E-state index in [0.29, 0.717) is 5.75 Å². The molecular formula is C9H14N2O3S. The van der Waals surface area contributed by atoms with E-state index < -0.39 is 9.84 Å². The van der Waals surface area contributed by atoms with Crippen molar-refractivity contribution in [2.24, 2.45) is 5.73 Å². The Morgan fingerprint density at radius 2 is 2.07 bits per heavy atom. The Kier molecular flexibility index (Phi) is 3.54. The van der Waals surface area contributed by atoms with Gasteiger partial charge in [0, 0.05) is 12.6 Å². The summed E-state index contributed by atoms with van der Waals surface area (Å²) in [6.07, 6.45) is 0. The van der Waals surface area contributed by atoms with Gasteiger partial charge < -0.3 is 16.2 Å². The van der Waals surface area contributed by atoms with Gasteiger partial charge in [-0.2, -0.15) is 0 Å². The minimum absolute atomic E-state index is 0.0772. The first-order valence-electron chi connectivity index (χ1n) is 4.37. The fourth-order valence-corrected chi connectivity index (χ4v) is 2.43. The molecule has 0 saturated carbocycles. The lowest BCUT2D eigenvalue weighted by molar-refractivity contribution is 0.414. The van der Waals surface area contributed by atoms with Crippen LogP contribution in [0.5, 0.6) is 5.75 Å². The standard InChI is InChI=1S/C9H14N2O3S/c1-14-7-2-3-9(8(11)6-7)15(12,13)5-4-10/h2-3,6H,4-5,10-11H2,1H3. The Bertz CT molecular complexity index is 443. The van der Waals surface area contributed by atoms with Crippen LogP contribution in [0.3, 0.4) is 0 Å². The topological polar surface area (TPSA) is 95.4 Å². The molecule has 0 radical (unpaired) electrons. The summed E-state index contributed by atoms with van der Waals surface area (Å²) in [5.41, 5.74) is 11.0. The number of hydrogen-bond donors (Lipinski definition) is 2. The second kappa shape index (κ2) is 4.50. The molecule has 0 unspecified atom stereocenters. The summed E-state index contributed by atoms with van der Waals surface area (Å²) < 4.78 is 28.2. The molecule has 0 atom stereocenters. The number of nitrogens with two attached hydrogens (primary N) is 2. The molecule has 1 aromatic carbocycles. The molecular weight excluding hydrogens is 216 g/mol. The first-order chi connectivity index (χ1) is 7.01. The monoisotopic (exact) mass is 230 g/mol. The van der Waals surface area contributed by atoms with Crippen molar-refractivity contribution < 1.29 is 13.2 Å². The van der Waals surface area contributed by atoms with Gasteiger partial charge in [0.15, 0.2) is 9.84 Å². The predicted octanol–water partition coefficient (Wildman–Crippen LogP) is 0.00980. The molecule has 5 nitrogen and oxygen atoms in total. The fraction of sp³-hybridized carbons (Fsp3) is 0.333. The maximum absolute atomic E-state index is 11.7. The first-order valence-corrected chi connectivity index (χ1v) is 6.03. The molecule has 0 bridgehead atoms. The van der Waals surface area contributed by atoms with E-state index in [4.69, 9.17) is 16.2 Å². The van der Waals surface area contributed by atoms with Crippen molar-refractivity contribution in [3.63, 3.8) is 0 Å². The van der Waals surface area contributed by atoms with E-state index >= 15 is 0 Å². The fourth-order valence-electron chi connectivity index (χ4n) is 1.20. The Hall–Kier alpha value is -1.27. The van der Waals surface area contributed by atoms with Crippen molar-refractivity contribution >= 4 is 15.5 Å². The van der Waals surface area contributed by atoms with E-state index in [2.05, 4.69) is 0 Å². The minimum Gasteiger partial charge on any atom is -0.497 e. The van der Waals surface area contributed by atoms with Crippen LogP contribution < -0.4 is 16.2 Å². The number of nitrogen functional groups attached to an aromatic ring is 1. The lowest BCUT2D eigenvalue weighted by Gasteiger charge is -2.07. The number of benzene rings is 1. The SMILES string of the molecule is COc1ccc(S(=O)(=O)CCN)c(N)c1. The van der Waals surface area contributed by atoms with Gasteiger partial charge in [0.25, 0.3) is 0 Å². The second-order valence-electron chi connectivity index (χ2n) is 3.01. The summed E-state index contributed by atoms with van der Waals surface area (Å²) in [5.74, 6) is 0.419. The van der Waals surface area contributed by atoms with Gasteiger partial charge >= 0.3 is 0 Å². The van der Waals surface area contributed by atoms with Crippen LogP contribution in [0.2, 0.25) is 0 Å². The summed E-state index contributed by atoms with van der Waals surface area (Å²) in [4.78, 5) is 0.105. The molecule has 0 fully saturated rings. The van der Waals surface area contributed by atoms with Crippen molar-refractivity contribution in [2.45, 2.75) is 4.90 Å². The largest absolute Gasteiger partial charge is 0.497 e. The van der Waals surface area contributed by atoms with E-state index in [1.165, 1.54) is 19.2 Å². The lowest BCUT2D eigenvalue weighted by Crippen LogP contribution is -2.16. The zero-order valence-corrected chi connectivity index (χ0v) is 9.25. The van der Waals surface area contributed by atoms with Gasteiger partial charge in [0.2, 0.25) is 0 Å². The average Bonchev–Trinajstić information content (AvgIpc) is 2.17. The van der Waals surface area contributed by atoms with E-state index in [-0.39, 0.29) is 22.9 Å². The minimum atomic E-state index is -3.37. The smallest absolute Gasteiger partial charge is 0.181 e. The van der Waals surface area contributed by atoms with E-state index in [1.54, 1.807) is 6.07 Å². The van der Waals surface area contributed by atoms with Crippen molar-refractivity contribution in [2.75, 3.05) is 25.1 Å². The maximum atomic E-state index is 11.7. The molecule has 6 heteroatoms. The van der Waals surface area contributed by atoms with Gasteiger partial charge in [-0.1, -0.05) is 0 Å². The number of rotatable bonds is 4.